The van der Waals surface area contributed by atoms with E-state index < -0.39 is 11.8 Å². The lowest BCUT2D eigenvalue weighted by Gasteiger charge is -2.34. The van der Waals surface area contributed by atoms with E-state index in [1.807, 2.05) is 38.2 Å². The highest BCUT2D eigenvalue weighted by Gasteiger charge is 2.31. The van der Waals surface area contributed by atoms with Crippen LogP contribution in [0.1, 0.15) is 25.0 Å². The summed E-state index contributed by atoms with van der Waals surface area (Å²) < 4.78 is 25.1. The second kappa shape index (κ2) is 14.2. The molecule has 0 fully saturated rings. The lowest BCUT2D eigenvalue weighted by Crippen LogP contribution is -2.47. The molecule has 1 heterocycles. The fraction of sp³-hybridized carbons (Fsp3) is 0.375. The Morgan fingerprint density at radius 1 is 1.12 bits per heavy atom. The molecular formula is C32H39FN4O5. The van der Waals surface area contributed by atoms with Crippen molar-refractivity contribution in [1.29, 1.82) is 0 Å². The second-order valence-corrected chi connectivity index (χ2v) is 10.8. The van der Waals surface area contributed by atoms with E-state index in [2.05, 4.69) is 22.5 Å². The van der Waals surface area contributed by atoms with Crippen LogP contribution in [0.3, 0.4) is 0 Å². The number of amides is 3. The molecule has 0 aromatic heterocycles. The van der Waals surface area contributed by atoms with Crippen LogP contribution < -0.4 is 20.1 Å². The zero-order chi connectivity index (χ0) is 30.2. The zero-order valence-corrected chi connectivity index (χ0v) is 24.5. The largest absolute Gasteiger partial charge is 0.497 e. The van der Waals surface area contributed by atoms with Gasteiger partial charge in [0.05, 0.1) is 26.2 Å². The van der Waals surface area contributed by atoms with Gasteiger partial charge >= 0.3 is 6.03 Å². The van der Waals surface area contributed by atoms with E-state index in [1.54, 1.807) is 30.2 Å². The summed E-state index contributed by atoms with van der Waals surface area (Å²) in [5.41, 5.74) is 2.69. The Balaban J connectivity index is 1.54. The first-order valence-electron chi connectivity index (χ1n) is 14.0. The summed E-state index contributed by atoms with van der Waals surface area (Å²) in [6, 6.07) is 17.7. The number of rotatable bonds is 9. The van der Waals surface area contributed by atoms with E-state index in [1.165, 1.54) is 24.3 Å². The van der Waals surface area contributed by atoms with Crippen LogP contribution in [0.4, 0.5) is 20.6 Å². The van der Waals surface area contributed by atoms with Gasteiger partial charge in [0.2, 0.25) is 5.91 Å². The van der Waals surface area contributed by atoms with Crippen LogP contribution in [0, 0.1) is 11.7 Å². The van der Waals surface area contributed by atoms with Crippen LogP contribution in [0.15, 0.2) is 66.7 Å². The van der Waals surface area contributed by atoms with E-state index in [9.17, 15) is 19.1 Å². The van der Waals surface area contributed by atoms with E-state index >= 15 is 0 Å². The first kappa shape index (κ1) is 30.8. The number of nitrogens with zero attached hydrogens (tertiary/aromatic N) is 2. The van der Waals surface area contributed by atoms with Crippen LogP contribution in [-0.4, -0.2) is 72.8 Å². The van der Waals surface area contributed by atoms with Crippen LogP contribution in [-0.2, 0) is 17.8 Å². The van der Waals surface area contributed by atoms with Crippen molar-refractivity contribution in [3.05, 3.63) is 83.7 Å². The molecule has 224 valence electrons. The van der Waals surface area contributed by atoms with Gasteiger partial charge < -0.3 is 30.1 Å². The van der Waals surface area contributed by atoms with Gasteiger partial charge in [-0.1, -0.05) is 19.1 Å². The summed E-state index contributed by atoms with van der Waals surface area (Å²) in [4.78, 5) is 29.9. The smallest absolute Gasteiger partial charge is 0.323 e. The van der Waals surface area contributed by atoms with E-state index in [4.69, 9.17) is 9.47 Å². The van der Waals surface area contributed by atoms with Crippen molar-refractivity contribution < 1.29 is 28.6 Å². The maximum absolute atomic E-state index is 13.5. The molecule has 4 rings (SSSR count). The third-order valence-electron chi connectivity index (χ3n) is 7.38. The van der Waals surface area contributed by atoms with Gasteiger partial charge in [-0.2, -0.15) is 0 Å². The number of nitrogens with one attached hydrogen (secondary N) is 2. The number of carbonyl (C=O) groups is 2. The fourth-order valence-corrected chi connectivity index (χ4v) is 4.97. The number of aliphatic hydroxyl groups is 1. The molecule has 3 aromatic rings. The number of fused-ring (bicyclic) bond motifs is 1. The van der Waals surface area contributed by atoms with Gasteiger partial charge in [-0.05, 0) is 74.1 Å². The number of methoxy groups -OCH3 is 1. The predicted molar refractivity (Wildman–Crippen MR) is 160 cm³/mol. The number of anilines is 2. The lowest BCUT2D eigenvalue weighted by molar-refractivity contribution is -0.134. The first-order valence-corrected chi connectivity index (χ1v) is 14.0. The molecule has 10 heteroatoms. The highest BCUT2D eigenvalue weighted by molar-refractivity contribution is 5.99. The number of aliphatic hydroxyl groups excluding tert-OH is 1. The number of likely N-dealkylation sites (N-methyl/N-ethyl adjacent to an activating group) is 1. The highest BCUT2D eigenvalue weighted by atomic mass is 19.1. The molecule has 0 spiro atoms. The van der Waals surface area contributed by atoms with Crippen molar-refractivity contribution >= 4 is 23.3 Å². The fourth-order valence-electron chi connectivity index (χ4n) is 4.97. The molecule has 0 saturated heterocycles. The Labute approximate surface area is 246 Å². The van der Waals surface area contributed by atoms with Gasteiger partial charge in [0.15, 0.2) is 0 Å². The third-order valence-corrected chi connectivity index (χ3v) is 7.38. The molecule has 3 N–H and O–H groups in total. The topological polar surface area (TPSA) is 103 Å². The van der Waals surface area contributed by atoms with Crippen LogP contribution in [0.5, 0.6) is 11.5 Å². The molecule has 9 nitrogen and oxygen atoms in total. The number of hydrogen-bond donors (Lipinski definition) is 3. The average molecular weight is 579 g/mol. The van der Waals surface area contributed by atoms with Crippen molar-refractivity contribution in [2.75, 3.05) is 44.5 Å². The molecule has 3 atom stereocenters. The third kappa shape index (κ3) is 8.20. The minimum atomic E-state index is -0.501. The zero-order valence-electron chi connectivity index (χ0n) is 24.5. The van der Waals surface area contributed by atoms with E-state index in [-0.39, 0.29) is 37.0 Å². The molecule has 0 radical (unpaired) electrons. The van der Waals surface area contributed by atoms with Crippen LogP contribution in [0.2, 0.25) is 0 Å². The van der Waals surface area contributed by atoms with Crippen LogP contribution in [0.25, 0.3) is 0 Å². The molecule has 0 aliphatic carbocycles. The molecule has 3 amide bonds. The standard InChI is InChI=1S/C32H39FN4O5/c1-21-17-37(22(2)20-38)31(39)16-24-15-27(35-32(40)34-26-9-7-25(33)8-10-26)11-14-29(24)42-30(21)19-36(3)18-23-5-12-28(41-4)13-6-23/h5-15,21-22,30,38H,16-20H2,1-4H3,(H2,34,35,40)/t21-,22+,30+/m1/s1. The summed E-state index contributed by atoms with van der Waals surface area (Å²) in [5, 5.41) is 15.3. The van der Waals surface area contributed by atoms with Crippen LogP contribution >= 0.6 is 0 Å². The number of urea groups is 1. The number of carbonyl (C=O) groups excluding carboxylic acids is 2. The van der Waals surface area contributed by atoms with Crippen molar-refractivity contribution in [2.24, 2.45) is 5.92 Å². The Kier molecular flexibility index (Phi) is 10.4. The molecule has 1 aliphatic heterocycles. The van der Waals surface area contributed by atoms with Gasteiger partial charge in [0, 0.05) is 42.5 Å². The minimum Gasteiger partial charge on any atom is -0.497 e. The van der Waals surface area contributed by atoms with Gasteiger partial charge in [-0.3, -0.25) is 9.69 Å². The molecular weight excluding hydrogens is 539 g/mol. The maximum atomic E-state index is 13.5. The quantitative estimate of drug-likeness (QED) is 0.338. The molecule has 42 heavy (non-hydrogen) atoms. The SMILES string of the molecule is COc1ccc(CN(C)C[C@@H]2Oc3ccc(NC(=O)Nc4ccc(F)cc4)cc3CC(=O)N([C@@H](C)CO)C[C@H]2C)cc1. The summed E-state index contributed by atoms with van der Waals surface area (Å²) in [5.74, 6) is 0.809. The first-order chi connectivity index (χ1) is 20.1. The van der Waals surface area contributed by atoms with Crippen molar-refractivity contribution in [3.8, 4) is 11.5 Å². The minimum absolute atomic E-state index is 0.0356. The average Bonchev–Trinajstić information content (AvgIpc) is 3.01. The van der Waals surface area contributed by atoms with Gasteiger partial charge in [0.1, 0.15) is 23.4 Å². The predicted octanol–water partition coefficient (Wildman–Crippen LogP) is 4.76. The number of halogens is 1. The van der Waals surface area contributed by atoms with Crippen molar-refractivity contribution in [3.63, 3.8) is 0 Å². The Morgan fingerprint density at radius 3 is 2.45 bits per heavy atom. The summed E-state index contributed by atoms with van der Waals surface area (Å²) in [6.07, 6.45) is -0.206. The Bertz CT molecular complexity index is 1350. The monoisotopic (exact) mass is 578 g/mol. The van der Waals surface area contributed by atoms with Gasteiger partial charge in [0.25, 0.3) is 0 Å². The van der Waals surface area contributed by atoms with Crippen molar-refractivity contribution in [2.45, 2.75) is 39.0 Å². The van der Waals surface area contributed by atoms with E-state index in [0.29, 0.717) is 42.3 Å². The second-order valence-electron chi connectivity index (χ2n) is 10.8. The highest BCUT2D eigenvalue weighted by Crippen LogP contribution is 2.29. The lowest BCUT2D eigenvalue weighted by atomic mass is 10.0. The van der Waals surface area contributed by atoms with Crippen molar-refractivity contribution in [1.82, 2.24) is 9.80 Å². The molecule has 0 unspecified atom stereocenters. The summed E-state index contributed by atoms with van der Waals surface area (Å²) in [7, 11) is 3.67. The molecule has 0 saturated carbocycles. The summed E-state index contributed by atoms with van der Waals surface area (Å²) in [6.45, 7) is 5.46. The van der Waals surface area contributed by atoms with Gasteiger partial charge in [-0.15, -0.1) is 0 Å². The molecule has 3 aromatic carbocycles. The molecule has 0 bridgehead atoms. The number of hydrogen-bond acceptors (Lipinski definition) is 6. The van der Waals surface area contributed by atoms with Gasteiger partial charge in [-0.25, -0.2) is 9.18 Å². The number of ether oxygens (including phenoxy) is 2. The normalized spacial score (nSPS) is 17.8. The van der Waals surface area contributed by atoms with E-state index in [0.717, 1.165) is 11.3 Å². The maximum Gasteiger partial charge on any atom is 0.323 e. The Hall–Kier alpha value is -4.15. The number of benzene rings is 3. The Morgan fingerprint density at radius 2 is 1.79 bits per heavy atom. The summed E-state index contributed by atoms with van der Waals surface area (Å²) >= 11 is 0. The molecule has 1 aliphatic rings.